The molecule has 10 heteroatoms. The molecule has 2 atom stereocenters. The number of esters is 2. The summed E-state index contributed by atoms with van der Waals surface area (Å²) in [6, 6.07) is 0. The number of unbranched alkanes of at least 4 members (excludes halogenated alkanes) is 24. The Bertz CT molecular complexity index is 754. The van der Waals surface area contributed by atoms with E-state index in [1.165, 1.54) is 128 Å². The maximum atomic E-state index is 12.5. The van der Waals surface area contributed by atoms with Crippen molar-refractivity contribution >= 4 is 19.7 Å². The largest absolute Gasteiger partial charge is 0.462 e. The monoisotopic (exact) mass is 692 g/mol. The number of nitrogens with one attached hydrogen (secondary N) is 1. The molecule has 0 aromatic rings. The lowest BCUT2D eigenvalue weighted by Crippen LogP contribution is -2.30. The zero-order valence-electron chi connectivity index (χ0n) is 30.5. The van der Waals surface area contributed by atoms with E-state index < -0.39 is 26.4 Å². The number of hydrogen-bond acceptors (Lipinski definition) is 7. The maximum absolute atomic E-state index is 12.5. The molecule has 3 N–H and O–H groups in total. The Hall–Kier alpha value is -0.990. The number of aliphatic hydroxyl groups is 1. The molecule has 0 aliphatic carbocycles. The molecule has 0 spiro atoms. The molecule has 0 aliphatic heterocycles. The van der Waals surface area contributed by atoms with Gasteiger partial charge in [-0.25, -0.2) is 9.65 Å². The van der Waals surface area contributed by atoms with Gasteiger partial charge >= 0.3 is 19.7 Å². The average Bonchev–Trinajstić information content (AvgIpc) is 3.05. The summed E-state index contributed by atoms with van der Waals surface area (Å²) in [5.74, 6) is -0.818. The molecule has 0 aliphatic rings. The SMILES string of the molecule is CCCCCCCCCCCCCCCC(=O)OC[C@H](COP(=O)(O)NCCO)OC(=O)CCCCCCCCCCCCCCC. The van der Waals surface area contributed by atoms with Crippen molar-refractivity contribution in [1.29, 1.82) is 0 Å². The molecule has 1 unspecified atom stereocenters. The lowest BCUT2D eigenvalue weighted by atomic mass is 10.0. The Morgan fingerprint density at radius 3 is 1.32 bits per heavy atom. The fourth-order valence-corrected chi connectivity index (χ4v) is 6.46. The minimum atomic E-state index is -4.19. The summed E-state index contributed by atoms with van der Waals surface area (Å²) in [5.41, 5.74) is 0. The molecular formula is C37H74NO8P. The smallest absolute Gasteiger partial charge is 0.403 e. The molecule has 0 aromatic heterocycles. The van der Waals surface area contributed by atoms with Crippen molar-refractivity contribution in [3.05, 3.63) is 0 Å². The highest BCUT2D eigenvalue weighted by Gasteiger charge is 2.24. The minimum absolute atomic E-state index is 0.120. The van der Waals surface area contributed by atoms with Crippen molar-refractivity contribution in [2.24, 2.45) is 0 Å². The molecule has 0 bridgehead atoms. The Morgan fingerprint density at radius 2 is 0.936 bits per heavy atom. The zero-order valence-corrected chi connectivity index (χ0v) is 31.4. The Labute approximate surface area is 288 Å². The van der Waals surface area contributed by atoms with E-state index in [9.17, 15) is 19.0 Å². The molecule has 0 amide bonds. The molecule has 0 fully saturated rings. The van der Waals surface area contributed by atoms with Gasteiger partial charge in [0.25, 0.3) is 0 Å². The van der Waals surface area contributed by atoms with Crippen molar-refractivity contribution in [1.82, 2.24) is 5.09 Å². The number of ether oxygens (including phenoxy) is 2. The first-order valence-electron chi connectivity index (χ1n) is 19.5. The maximum Gasteiger partial charge on any atom is 0.403 e. The fourth-order valence-electron chi connectivity index (χ4n) is 5.61. The van der Waals surface area contributed by atoms with Crippen LogP contribution in [0.15, 0.2) is 0 Å². The van der Waals surface area contributed by atoms with Gasteiger partial charge in [-0.3, -0.25) is 14.1 Å². The summed E-state index contributed by atoms with van der Waals surface area (Å²) >= 11 is 0. The Morgan fingerprint density at radius 1 is 0.574 bits per heavy atom. The van der Waals surface area contributed by atoms with Gasteiger partial charge in [0, 0.05) is 19.4 Å². The van der Waals surface area contributed by atoms with Crippen LogP contribution in [0.5, 0.6) is 0 Å². The van der Waals surface area contributed by atoms with Crippen LogP contribution in [0.1, 0.15) is 194 Å². The Kier molecular flexibility index (Phi) is 34.1. The Balaban J connectivity index is 4.18. The van der Waals surface area contributed by atoms with Crippen molar-refractivity contribution in [3.63, 3.8) is 0 Å². The highest BCUT2D eigenvalue weighted by atomic mass is 31.2. The molecule has 0 saturated carbocycles. The van der Waals surface area contributed by atoms with Gasteiger partial charge in [-0.15, -0.1) is 0 Å². The normalized spacial score (nSPS) is 13.4. The molecule has 0 saturated heterocycles. The quantitative estimate of drug-likeness (QED) is 0.0331. The third kappa shape index (κ3) is 34.7. The topological polar surface area (TPSA) is 131 Å². The van der Waals surface area contributed by atoms with E-state index >= 15 is 0 Å². The predicted molar refractivity (Wildman–Crippen MR) is 192 cm³/mol. The van der Waals surface area contributed by atoms with Crippen LogP contribution in [-0.2, 0) is 28.2 Å². The predicted octanol–water partition coefficient (Wildman–Crippen LogP) is 10.1. The van der Waals surface area contributed by atoms with Gasteiger partial charge < -0.3 is 19.5 Å². The van der Waals surface area contributed by atoms with Gasteiger partial charge in [0.1, 0.15) is 6.61 Å². The summed E-state index contributed by atoms with van der Waals surface area (Å²) in [6.07, 6.45) is 31.2. The molecule has 0 heterocycles. The first-order chi connectivity index (χ1) is 22.8. The number of hydrogen-bond donors (Lipinski definition) is 3. The summed E-state index contributed by atoms with van der Waals surface area (Å²) in [7, 11) is -4.19. The molecule has 9 nitrogen and oxygen atoms in total. The highest BCUT2D eigenvalue weighted by molar-refractivity contribution is 7.50. The molecule has 0 radical (unpaired) electrons. The van der Waals surface area contributed by atoms with Gasteiger partial charge in [0.15, 0.2) is 6.10 Å². The third-order valence-corrected chi connectivity index (χ3v) is 9.68. The van der Waals surface area contributed by atoms with Gasteiger partial charge in [-0.1, -0.05) is 168 Å². The van der Waals surface area contributed by atoms with Gasteiger partial charge in [0.05, 0.1) is 13.2 Å². The average molecular weight is 692 g/mol. The fraction of sp³-hybridized carbons (Fsp3) is 0.946. The number of rotatable bonds is 37. The zero-order chi connectivity index (χ0) is 34.7. The summed E-state index contributed by atoms with van der Waals surface area (Å²) in [5, 5.41) is 11.1. The van der Waals surface area contributed by atoms with Crippen LogP contribution in [0, 0.1) is 0 Å². The number of carbonyl (C=O) groups is 2. The van der Waals surface area contributed by atoms with Crippen LogP contribution >= 0.6 is 7.75 Å². The molecule has 280 valence electrons. The van der Waals surface area contributed by atoms with E-state index in [1.54, 1.807) is 0 Å². The standard InChI is InChI=1S/C37H74NO8P/c1-3-5-7-9-11-13-15-17-19-21-23-25-27-29-36(40)44-33-35(34-45-47(42,43)38-31-32-39)46-37(41)30-28-26-24-22-20-18-16-14-12-10-8-6-4-2/h35,39H,3-34H2,1-2H3,(H2,38,42,43)/t35-/m1/s1. The summed E-state index contributed by atoms with van der Waals surface area (Å²) in [4.78, 5) is 34.7. The van der Waals surface area contributed by atoms with E-state index in [1.807, 2.05) is 0 Å². The van der Waals surface area contributed by atoms with Crippen molar-refractivity contribution in [2.45, 2.75) is 200 Å². The van der Waals surface area contributed by atoms with Gasteiger partial charge in [-0.2, -0.15) is 0 Å². The lowest BCUT2D eigenvalue weighted by Gasteiger charge is -2.20. The third-order valence-electron chi connectivity index (χ3n) is 8.56. The van der Waals surface area contributed by atoms with E-state index in [-0.39, 0.29) is 38.6 Å². The number of aliphatic hydroxyl groups excluding tert-OH is 1. The number of carbonyl (C=O) groups excluding carboxylic acids is 2. The molecule has 47 heavy (non-hydrogen) atoms. The summed E-state index contributed by atoms with van der Waals surface area (Å²) < 4.78 is 28.0. The van der Waals surface area contributed by atoms with Crippen molar-refractivity contribution < 1.29 is 38.2 Å². The first kappa shape index (κ1) is 46.0. The second kappa shape index (κ2) is 34.9. The second-order valence-corrected chi connectivity index (χ2v) is 14.8. The molecule has 0 aromatic carbocycles. The van der Waals surface area contributed by atoms with E-state index in [4.69, 9.17) is 19.1 Å². The highest BCUT2D eigenvalue weighted by Crippen LogP contribution is 2.36. The van der Waals surface area contributed by atoms with Crippen LogP contribution < -0.4 is 5.09 Å². The van der Waals surface area contributed by atoms with Crippen LogP contribution in [0.3, 0.4) is 0 Å². The van der Waals surface area contributed by atoms with Crippen LogP contribution in [0.4, 0.5) is 0 Å². The van der Waals surface area contributed by atoms with E-state index in [0.717, 1.165) is 32.1 Å². The van der Waals surface area contributed by atoms with Gasteiger partial charge in [0.2, 0.25) is 0 Å². The molecule has 0 rings (SSSR count). The first-order valence-corrected chi connectivity index (χ1v) is 21.1. The van der Waals surface area contributed by atoms with Crippen LogP contribution in [-0.4, -0.2) is 54.4 Å². The van der Waals surface area contributed by atoms with E-state index in [2.05, 4.69) is 18.9 Å². The van der Waals surface area contributed by atoms with Crippen LogP contribution in [0.25, 0.3) is 0 Å². The minimum Gasteiger partial charge on any atom is -0.462 e. The van der Waals surface area contributed by atoms with Crippen molar-refractivity contribution in [2.75, 3.05) is 26.4 Å². The van der Waals surface area contributed by atoms with Crippen molar-refractivity contribution in [3.8, 4) is 0 Å². The second-order valence-electron chi connectivity index (χ2n) is 13.2. The lowest BCUT2D eigenvalue weighted by molar-refractivity contribution is -0.161. The van der Waals surface area contributed by atoms with E-state index in [0.29, 0.717) is 6.42 Å². The summed E-state index contributed by atoms with van der Waals surface area (Å²) in [6.45, 7) is 3.41. The van der Waals surface area contributed by atoms with Gasteiger partial charge in [-0.05, 0) is 12.8 Å². The van der Waals surface area contributed by atoms with Crippen LogP contribution in [0.2, 0.25) is 0 Å². The molecular weight excluding hydrogens is 617 g/mol.